The molecule has 1 aromatic carbocycles. The molecule has 0 radical (unpaired) electrons. The smallest absolute Gasteiger partial charge is 0.368 e. The summed E-state index contributed by atoms with van der Waals surface area (Å²) in [7, 11) is 0. The van der Waals surface area contributed by atoms with Crippen LogP contribution in [-0.2, 0) is 10.9 Å². The number of halogens is 3. The Hall–Kier alpha value is -1.03. The van der Waals surface area contributed by atoms with Crippen LogP contribution in [-0.4, -0.2) is 6.61 Å². The van der Waals surface area contributed by atoms with Crippen LogP contribution in [0.3, 0.4) is 0 Å². The Balaban J connectivity index is 2.35. The molecule has 0 N–H and O–H groups in total. The van der Waals surface area contributed by atoms with Crippen molar-refractivity contribution in [1.29, 1.82) is 0 Å². The molecule has 1 atom stereocenters. The molecule has 1 heterocycles. The van der Waals surface area contributed by atoms with E-state index in [1.54, 1.807) is 6.92 Å². The van der Waals surface area contributed by atoms with Crippen molar-refractivity contribution in [3.63, 3.8) is 0 Å². The van der Waals surface area contributed by atoms with Crippen LogP contribution < -0.4 is 0 Å². The van der Waals surface area contributed by atoms with Gasteiger partial charge in [-0.3, -0.25) is 0 Å². The molecule has 4 heteroatoms. The highest BCUT2D eigenvalue weighted by atomic mass is 19.4. The predicted octanol–water partition coefficient (Wildman–Crippen LogP) is 3.09. The molecule has 0 aliphatic carbocycles. The van der Waals surface area contributed by atoms with E-state index in [1.807, 2.05) is 0 Å². The minimum Gasteiger partial charge on any atom is -0.368 e. The molecule has 1 saturated heterocycles. The maximum absolute atomic E-state index is 12.3. The van der Waals surface area contributed by atoms with Gasteiger partial charge < -0.3 is 4.74 Å². The van der Waals surface area contributed by atoms with Gasteiger partial charge in [-0.2, -0.15) is 13.2 Å². The SMILES string of the molecule is Cc1cc(C(F)(F)F)ccc1C1CO1. The minimum absolute atomic E-state index is 0.0114. The van der Waals surface area contributed by atoms with E-state index in [9.17, 15) is 13.2 Å². The zero-order chi connectivity index (χ0) is 10.3. The van der Waals surface area contributed by atoms with E-state index < -0.39 is 11.7 Å². The quantitative estimate of drug-likeness (QED) is 0.637. The number of rotatable bonds is 1. The summed E-state index contributed by atoms with van der Waals surface area (Å²) < 4.78 is 41.9. The Labute approximate surface area is 79.5 Å². The Bertz CT molecular complexity index is 353. The third-order valence-electron chi connectivity index (χ3n) is 2.28. The lowest BCUT2D eigenvalue weighted by atomic mass is 10.0. The van der Waals surface area contributed by atoms with E-state index in [-0.39, 0.29) is 6.10 Å². The molecule has 0 saturated carbocycles. The van der Waals surface area contributed by atoms with E-state index in [4.69, 9.17) is 4.74 Å². The third-order valence-corrected chi connectivity index (χ3v) is 2.28. The number of hydrogen-bond donors (Lipinski definition) is 0. The van der Waals surface area contributed by atoms with E-state index in [0.717, 1.165) is 17.7 Å². The van der Waals surface area contributed by atoms with Gasteiger partial charge in [0.2, 0.25) is 0 Å². The molecular formula is C10H9F3O. The van der Waals surface area contributed by atoms with Gasteiger partial charge in [-0.15, -0.1) is 0 Å². The molecule has 76 valence electrons. The first-order valence-corrected chi connectivity index (χ1v) is 4.28. The van der Waals surface area contributed by atoms with Crippen molar-refractivity contribution in [2.24, 2.45) is 0 Å². The average Bonchev–Trinajstić information content (AvgIpc) is 2.85. The molecule has 0 aromatic heterocycles. The summed E-state index contributed by atoms with van der Waals surface area (Å²) in [6.07, 6.45) is -4.24. The molecule has 14 heavy (non-hydrogen) atoms. The number of ether oxygens (including phenoxy) is 1. The lowest BCUT2D eigenvalue weighted by Crippen LogP contribution is -2.05. The number of hydrogen-bond acceptors (Lipinski definition) is 1. The fraction of sp³-hybridized carbons (Fsp3) is 0.400. The highest BCUT2D eigenvalue weighted by molar-refractivity contribution is 5.35. The standard InChI is InChI=1S/C10H9F3O/c1-6-4-7(10(11,12)13)2-3-8(6)9-5-14-9/h2-4,9H,5H2,1H3. The Kier molecular flexibility index (Phi) is 2.03. The van der Waals surface area contributed by atoms with Gasteiger partial charge in [0.25, 0.3) is 0 Å². The second kappa shape index (κ2) is 2.98. The summed E-state index contributed by atoms with van der Waals surface area (Å²) >= 11 is 0. The molecule has 0 amide bonds. The molecule has 2 rings (SSSR count). The number of alkyl halides is 3. The Morgan fingerprint density at radius 1 is 1.36 bits per heavy atom. The maximum Gasteiger partial charge on any atom is 0.416 e. The predicted molar refractivity (Wildman–Crippen MR) is 44.9 cm³/mol. The van der Waals surface area contributed by atoms with Gasteiger partial charge in [0.1, 0.15) is 6.10 Å². The van der Waals surface area contributed by atoms with Crippen LogP contribution in [0.25, 0.3) is 0 Å². The second-order valence-corrected chi connectivity index (χ2v) is 3.39. The van der Waals surface area contributed by atoms with E-state index >= 15 is 0 Å². The van der Waals surface area contributed by atoms with Crippen molar-refractivity contribution in [3.8, 4) is 0 Å². The first-order chi connectivity index (χ1) is 6.48. The maximum atomic E-state index is 12.3. The second-order valence-electron chi connectivity index (χ2n) is 3.39. The Morgan fingerprint density at radius 3 is 2.43 bits per heavy atom. The number of aryl methyl sites for hydroxylation is 1. The summed E-state index contributed by atoms with van der Waals surface area (Å²) in [6, 6.07) is 3.76. The van der Waals surface area contributed by atoms with Crippen LogP contribution in [0.1, 0.15) is 22.8 Å². The molecule has 0 spiro atoms. The highest BCUT2D eigenvalue weighted by Crippen LogP contribution is 2.35. The van der Waals surface area contributed by atoms with Gasteiger partial charge in [0.05, 0.1) is 12.2 Å². The largest absolute Gasteiger partial charge is 0.416 e. The summed E-state index contributed by atoms with van der Waals surface area (Å²) in [5.41, 5.74) is 0.903. The summed E-state index contributed by atoms with van der Waals surface area (Å²) in [5, 5.41) is 0. The van der Waals surface area contributed by atoms with Gasteiger partial charge in [-0.1, -0.05) is 6.07 Å². The third kappa shape index (κ3) is 1.75. The first-order valence-electron chi connectivity index (χ1n) is 4.28. The van der Waals surface area contributed by atoms with Crippen molar-refractivity contribution in [1.82, 2.24) is 0 Å². The van der Waals surface area contributed by atoms with Gasteiger partial charge in [-0.25, -0.2) is 0 Å². The topological polar surface area (TPSA) is 12.5 Å². The Morgan fingerprint density at radius 2 is 2.00 bits per heavy atom. The van der Waals surface area contributed by atoms with Gasteiger partial charge >= 0.3 is 6.18 Å². The van der Waals surface area contributed by atoms with Crippen LogP contribution in [0.15, 0.2) is 18.2 Å². The number of benzene rings is 1. The molecule has 1 unspecified atom stereocenters. The fourth-order valence-corrected chi connectivity index (χ4v) is 1.44. The zero-order valence-corrected chi connectivity index (χ0v) is 7.56. The van der Waals surface area contributed by atoms with Gasteiger partial charge in [0, 0.05) is 0 Å². The van der Waals surface area contributed by atoms with Crippen LogP contribution >= 0.6 is 0 Å². The molecule has 1 aromatic rings. The number of epoxide rings is 1. The van der Waals surface area contributed by atoms with Crippen LogP contribution in [0.5, 0.6) is 0 Å². The summed E-state index contributed by atoms with van der Waals surface area (Å²) in [6.45, 7) is 2.29. The molecule has 1 aliphatic heterocycles. The van der Waals surface area contributed by atoms with Crippen molar-refractivity contribution in [3.05, 3.63) is 34.9 Å². The average molecular weight is 202 g/mol. The normalized spacial score (nSPS) is 21.0. The van der Waals surface area contributed by atoms with Crippen molar-refractivity contribution < 1.29 is 17.9 Å². The van der Waals surface area contributed by atoms with Crippen molar-refractivity contribution in [2.45, 2.75) is 19.2 Å². The van der Waals surface area contributed by atoms with Crippen LogP contribution in [0.2, 0.25) is 0 Å². The highest BCUT2D eigenvalue weighted by Gasteiger charge is 2.32. The van der Waals surface area contributed by atoms with Crippen LogP contribution in [0.4, 0.5) is 13.2 Å². The van der Waals surface area contributed by atoms with E-state index in [1.165, 1.54) is 6.07 Å². The van der Waals surface area contributed by atoms with Crippen LogP contribution in [0, 0.1) is 6.92 Å². The molecule has 1 nitrogen and oxygen atoms in total. The molecular weight excluding hydrogens is 193 g/mol. The minimum atomic E-state index is -4.26. The first kappa shape index (κ1) is 9.52. The molecule has 0 bridgehead atoms. The lowest BCUT2D eigenvalue weighted by Gasteiger charge is -2.09. The molecule has 1 fully saturated rings. The summed E-state index contributed by atoms with van der Waals surface area (Å²) in [4.78, 5) is 0. The van der Waals surface area contributed by atoms with E-state index in [2.05, 4.69) is 0 Å². The van der Waals surface area contributed by atoms with E-state index in [0.29, 0.717) is 12.2 Å². The van der Waals surface area contributed by atoms with Crippen molar-refractivity contribution >= 4 is 0 Å². The van der Waals surface area contributed by atoms with Gasteiger partial charge in [-0.05, 0) is 30.2 Å². The van der Waals surface area contributed by atoms with Gasteiger partial charge in [0.15, 0.2) is 0 Å². The monoisotopic (exact) mass is 202 g/mol. The zero-order valence-electron chi connectivity index (χ0n) is 7.56. The summed E-state index contributed by atoms with van der Waals surface area (Å²) in [5.74, 6) is 0. The fourth-order valence-electron chi connectivity index (χ4n) is 1.44. The lowest BCUT2D eigenvalue weighted by molar-refractivity contribution is -0.137. The van der Waals surface area contributed by atoms with Crippen molar-refractivity contribution in [2.75, 3.05) is 6.61 Å². The molecule has 1 aliphatic rings.